The van der Waals surface area contributed by atoms with Gasteiger partial charge in [0.2, 0.25) is 5.71 Å². The lowest BCUT2D eigenvalue weighted by Crippen LogP contribution is -2.04. The maximum atomic E-state index is 6.44. The zero-order valence-corrected chi connectivity index (χ0v) is 25.1. The predicted octanol–water partition coefficient (Wildman–Crippen LogP) is 10.9. The minimum atomic E-state index is 0.647. The second kappa shape index (κ2) is 8.81. The van der Waals surface area contributed by atoms with Gasteiger partial charge in [0.05, 0.1) is 15.7 Å². The molecule has 5 heterocycles. The first-order valence-electron chi connectivity index (χ1n) is 15.4. The average molecular weight is 607 g/mol. The largest absolute Gasteiger partial charge is 0.436 e. The summed E-state index contributed by atoms with van der Waals surface area (Å²) in [6.45, 7) is 0. The Morgan fingerprint density at radius 2 is 1.28 bits per heavy atom. The van der Waals surface area contributed by atoms with Crippen molar-refractivity contribution in [3.63, 3.8) is 0 Å². The molecule has 5 aromatic heterocycles. The molecule has 0 amide bonds. The maximum absolute atomic E-state index is 6.44. The lowest BCUT2D eigenvalue weighted by molar-refractivity contribution is 0.636. The van der Waals surface area contributed by atoms with Gasteiger partial charge in [-0.2, -0.15) is 4.52 Å². The third-order valence-electron chi connectivity index (χ3n) is 9.34. The van der Waals surface area contributed by atoms with Crippen LogP contribution in [0.4, 0.5) is 0 Å². The SMILES string of the molecule is c1ccc(-c2cc(-n3c4ccccc4c4c5ccccc5c5c6ccccc6sc5c43)nn3c2nc2c4ccccc4oc23)cc1. The van der Waals surface area contributed by atoms with Gasteiger partial charge in [0.25, 0.3) is 0 Å². The first-order chi connectivity index (χ1) is 22.8. The number of furan rings is 1. The molecule has 0 aliphatic carbocycles. The van der Waals surface area contributed by atoms with Crippen LogP contribution in [0.2, 0.25) is 0 Å². The third kappa shape index (κ3) is 3.08. The van der Waals surface area contributed by atoms with Gasteiger partial charge in [-0.1, -0.05) is 103 Å². The van der Waals surface area contributed by atoms with Crippen LogP contribution in [-0.2, 0) is 0 Å². The highest BCUT2D eigenvalue weighted by Crippen LogP contribution is 2.48. The number of rotatable bonds is 2. The fourth-order valence-corrected chi connectivity index (χ4v) is 8.67. The molecule has 214 valence electrons. The van der Waals surface area contributed by atoms with Crippen LogP contribution in [-0.4, -0.2) is 19.2 Å². The monoisotopic (exact) mass is 606 g/mol. The van der Waals surface area contributed by atoms with E-state index in [1.807, 2.05) is 40.1 Å². The van der Waals surface area contributed by atoms with Crippen LogP contribution in [0, 0.1) is 0 Å². The molecule has 0 fully saturated rings. The third-order valence-corrected chi connectivity index (χ3v) is 10.5. The quantitative estimate of drug-likeness (QED) is 0.197. The Morgan fingerprint density at radius 1 is 0.609 bits per heavy atom. The zero-order chi connectivity index (χ0) is 29.9. The van der Waals surface area contributed by atoms with Crippen LogP contribution in [0.25, 0.3) is 97.5 Å². The summed E-state index contributed by atoms with van der Waals surface area (Å²) in [6, 6.07) is 47.0. The van der Waals surface area contributed by atoms with Gasteiger partial charge in [0.1, 0.15) is 11.1 Å². The van der Waals surface area contributed by atoms with E-state index >= 15 is 0 Å². The summed E-state index contributed by atoms with van der Waals surface area (Å²) in [6.07, 6.45) is 0. The second-order valence-electron chi connectivity index (χ2n) is 11.8. The lowest BCUT2D eigenvalue weighted by Gasteiger charge is -2.12. The number of thiophene rings is 1. The van der Waals surface area contributed by atoms with Gasteiger partial charge in [-0.15, -0.1) is 16.4 Å². The number of hydrogen-bond donors (Lipinski definition) is 0. The van der Waals surface area contributed by atoms with E-state index in [9.17, 15) is 0 Å². The van der Waals surface area contributed by atoms with Crippen molar-refractivity contribution in [2.24, 2.45) is 0 Å². The van der Waals surface area contributed by atoms with Crippen molar-refractivity contribution < 1.29 is 4.42 Å². The van der Waals surface area contributed by atoms with E-state index in [0.29, 0.717) is 5.71 Å². The van der Waals surface area contributed by atoms with Crippen molar-refractivity contribution in [1.82, 2.24) is 19.2 Å². The van der Waals surface area contributed by atoms with E-state index in [1.165, 1.54) is 47.2 Å². The summed E-state index contributed by atoms with van der Waals surface area (Å²) in [4.78, 5) is 5.15. The molecule has 11 aromatic rings. The lowest BCUT2D eigenvalue weighted by atomic mass is 9.99. The summed E-state index contributed by atoms with van der Waals surface area (Å²) in [7, 11) is 0. The summed E-state index contributed by atoms with van der Waals surface area (Å²) >= 11 is 1.86. The average Bonchev–Trinajstić information content (AvgIpc) is 3.86. The van der Waals surface area contributed by atoms with Crippen molar-refractivity contribution in [3.8, 4) is 16.9 Å². The fraction of sp³-hybridized carbons (Fsp3) is 0. The molecule has 5 nitrogen and oxygen atoms in total. The molecular weight excluding hydrogens is 585 g/mol. The van der Waals surface area contributed by atoms with Crippen LogP contribution in [0.1, 0.15) is 0 Å². The second-order valence-corrected chi connectivity index (χ2v) is 12.9. The Balaban J connectivity index is 1.38. The number of hydrogen-bond acceptors (Lipinski definition) is 4. The highest BCUT2D eigenvalue weighted by Gasteiger charge is 2.24. The molecule has 0 saturated heterocycles. The van der Waals surface area contributed by atoms with Crippen molar-refractivity contribution in [2.45, 2.75) is 0 Å². The smallest absolute Gasteiger partial charge is 0.249 e. The molecule has 0 spiro atoms. The topological polar surface area (TPSA) is 48.3 Å². The number of fused-ring (bicyclic) bond motifs is 15. The molecule has 0 aliphatic heterocycles. The Bertz CT molecular complexity index is 3030. The molecule has 0 bridgehead atoms. The van der Waals surface area contributed by atoms with Gasteiger partial charge < -0.3 is 4.42 Å². The van der Waals surface area contributed by atoms with E-state index in [4.69, 9.17) is 14.5 Å². The van der Waals surface area contributed by atoms with Crippen LogP contribution < -0.4 is 0 Å². The Morgan fingerprint density at radius 3 is 2.13 bits per heavy atom. The number of aromatic nitrogens is 4. The van der Waals surface area contributed by atoms with Gasteiger partial charge in [0, 0.05) is 37.2 Å². The molecule has 11 rings (SSSR count). The summed E-state index contributed by atoms with van der Waals surface area (Å²) in [5.74, 6) is 0.811. The predicted molar refractivity (Wildman–Crippen MR) is 190 cm³/mol. The normalized spacial score (nSPS) is 12.3. The van der Waals surface area contributed by atoms with Crippen molar-refractivity contribution in [3.05, 3.63) is 133 Å². The van der Waals surface area contributed by atoms with Crippen LogP contribution in [0.5, 0.6) is 0 Å². The van der Waals surface area contributed by atoms with Crippen LogP contribution in [0.3, 0.4) is 0 Å². The number of nitrogens with zero attached hydrogens (tertiary/aromatic N) is 4. The highest BCUT2D eigenvalue weighted by molar-refractivity contribution is 7.27. The summed E-state index contributed by atoms with van der Waals surface area (Å²) < 4.78 is 13.2. The molecule has 0 saturated carbocycles. The van der Waals surface area contributed by atoms with E-state index in [0.717, 1.165) is 44.6 Å². The summed E-state index contributed by atoms with van der Waals surface area (Å²) in [5, 5.41) is 13.9. The maximum Gasteiger partial charge on any atom is 0.249 e. The molecule has 0 unspecified atom stereocenters. The van der Waals surface area contributed by atoms with Crippen molar-refractivity contribution >= 4 is 91.9 Å². The van der Waals surface area contributed by atoms with Gasteiger partial charge in [-0.05, 0) is 46.7 Å². The first kappa shape index (κ1) is 24.4. The van der Waals surface area contributed by atoms with Gasteiger partial charge >= 0.3 is 0 Å². The molecular formula is C40H22N4OS. The molecule has 6 aromatic carbocycles. The Kier molecular flexibility index (Phi) is 4.66. The number of benzene rings is 6. The zero-order valence-electron chi connectivity index (χ0n) is 24.3. The molecule has 0 atom stereocenters. The summed E-state index contributed by atoms with van der Waals surface area (Å²) in [5.41, 5.74) is 7.39. The van der Waals surface area contributed by atoms with Crippen molar-refractivity contribution in [1.29, 1.82) is 0 Å². The standard InChI is InChI=1S/C40H22N4OS/c1-2-12-23(13-3-1)29-22-33(42-44-39(29)41-36-27-17-7-10-20-31(27)45-40(36)44)43-30-19-9-6-16-26(30)34-24-14-4-5-15-25(24)35-28-18-8-11-21-32(28)46-38(35)37(34)43/h1-22H. The Labute approximate surface area is 265 Å². The molecule has 6 heteroatoms. The van der Waals surface area contributed by atoms with Gasteiger partial charge in [-0.3, -0.25) is 4.57 Å². The molecule has 0 aliphatic rings. The van der Waals surface area contributed by atoms with E-state index in [1.54, 1.807) is 0 Å². The van der Waals surface area contributed by atoms with E-state index < -0.39 is 0 Å². The van der Waals surface area contributed by atoms with Crippen molar-refractivity contribution in [2.75, 3.05) is 0 Å². The van der Waals surface area contributed by atoms with Gasteiger partial charge in [-0.25, -0.2) is 4.98 Å². The first-order valence-corrected chi connectivity index (χ1v) is 16.2. The minimum Gasteiger partial charge on any atom is -0.436 e. The highest BCUT2D eigenvalue weighted by atomic mass is 32.1. The molecule has 0 N–H and O–H groups in total. The molecule has 46 heavy (non-hydrogen) atoms. The Hall–Kier alpha value is -5.98. The minimum absolute atomic E-state index is 0.647. The van der Waals surface area contributed by atoms with Crippen LogP contribution in [0.15, 0.2) is 138 Å². The fourth-order valence-electron chi connectivity index (χ4n) is 7.42. The molecule has 0 radical (unpaired) electrons. The van der Waals surface area contributed by atoms with Gasteiger partial charge in [0.15, 0.2) is 11.5 Å². The van der Waals surface area contributed by atoms with E-state index in [-0.39, 0.29) is 0 Å². The number of imidazole rings is 1. The van der Waals surface area contributed by atoms with E-state index in [2.05, 4.69) is 114 Å². The number of para-hydroxylation sites is 2. The van der Waals surface area contributed by atoms with Crippen LogP contribution >= 0.6 is 11.3 Å².